The minimum absolute atomic E-state index is 0.0390. The lowest BCUT2D eigenvalue weighted by Crippen LogP contribution is -2.45. The maximum Gasteiger partial charge on any atom is 0.240 e. The largest absolute Gasteiger partial charge is 0.334 e. The number of nitrogens with one attached hydrogen (secondary N) is 1. The Balaban J connectivity index is 1.77. The van der Waals surface area contributed by atoms with Gasteiger partial charge in [-0.15, -0.1) is 0 Å². The molecule has 0 bridgehead atoms. The number of hydrogen-bond donors (Lipinski definition) is 1. The molecular formula is C18H26N2O. The van der Waals surface area contributed by atoms with Crippen molar-refractivity contribution < 1.29 is 4.79 Å². The Labute approximate surface area is 127 Å². The van der Waals surface area contributed by atoms with Crippen molar-refractivity contribution in [3.63, 3.8) is 0 Å². The molecule has 21 heavy (non-hydrogen) atoms. The first-order chi connectivity index (χ1) is 10.3. The minimum Gasteiger partial charge on any atom is -0.334 e. The van der Waals surface area contributed by atoms with Crippen LogP contribution in [0.4, 0.5) is 0 Å². The zero-order valence-electron chi connectivity index (χ0n) is 13.0. The van der Waals surface area contributed by atoms with Gasteiger partial charge in [0.2, 0.25) is 5.91 Å². The summed E-state index contributed by atoms with van der Waals surface area (Å²) in [5.74, 6) is 0.322. The lowest BCUT2D eigenvalue weighted by Gasteiger charge is -2.30. The number of nitrogens with zero attached hydrogens (tertiary/aromatic N) is 1. The summed E-state index contributed by atoms with van der Waals surface area (Å²) in [5.41, 5.74) is 2.63. The molecule has 0 radical (unpaired) electrons. The second-order valence-electron chi connectivity index (χ2n) is 6.40. The average molecular weight is 286 g/mol. The van der Waals surface area contributed by atoms with Gasteiger partial charge in [0, 0.05) is 6.54 Å². The first-order valence-electron chi connectivity index (χ1n) is 8.37. The summed E-state index contributed by atoms with van der Waals surface area (Å²) < 4.78 is 0. The Morgan fingerprint density at radius 2 is 2.00 bits per heavy atom. The van der Waals surface area contributed by atoms with Gasteiger partial charge in [0.1, 0.15) is 0 Å². The summed E-state index contributed by atoms with van der Waals surface area (Å²) in [7, 11) is 0. The molecule has 2 aliphatic rings. The van der Waals surface area contributed by atoms with E-state index >= 15 is 0 Å². The van der Waals surface area contributed by atoms with Crippen LogP contribution in [-0.4, -0.2) is 29.9 Å². The number of amides is 1. The molecule has 1 aromatic carbocycles. The van der Waals surface area contributed by atoms with Crippen molar-refractivity contribution >= 4 is 5.91 Å². The second-order valence-corrected chi connectivity index (χ2v) is 6.40. The van der Waals surface area contributed by atoms with Crippen molar-refractivity contribution in [1.29, 1.82) is 0 Å². The fourth-order valence-electron chi connectivity index (χ4n) is 3.75. The van der Waals surface area contributed by atoms with Crippen molar-refractivity contribution in [2.75, 3.05) is 13.1 Å². The van der Waals surface area contributed by atoms with Crippen LogP contribution >= 0.6 is 0 Å². The van der Waals surface area contributed by atoms with E-state index in [0.717, 1.165) is 32.4 Å². The molecule has 2 heterocycles. The van der Waals surface area contributed by atoms with Gasteiger partial charge in [-0.25, -0.2) is 0 Å². The molecule has 114 valence electrons. The molecule has 3 nitrogen and oxygen atoms in total. The van der Waals surface area contributed by atoms with E-state index in [0.29, 0.717) is 5.91 Å². The Hall–Kier alpha value is -1.35. The maximum absolute atomic E-state index is 12.9. The van der Waals surface area contributed by atoms with Crippen LogP contribution in [0.3, 0.4) is 0 Å². The molecule has 2 atom stereocenters. The van der Waals surface area contributed by atoms with Gasteiger partial charge < -0.3 is 10.2 Å². The zero-order chi connectivity index (χ0) is 14.7. The third kappa shape index (κ3) is 3.13. The van der Waals surface area contributed by atoms with Crippen LogP contribution in [0.15, 0.2) is 24.3 Å². The average Bonchev–Trinajstić information content (AvgIpc) is 2.81. The molecular weight excluding hydrogens is 260 g/mol. The number of likely N-dealkylation sites (tertiary alicyclic amines) is 1. The quantitative estimate of drug-likeness (QED) is 0.905. The molecule has 0 spiro atoms. The van der Waals surface area contributed by atoms with Gasteiger partial charge in [-0.05, 0) is 50.3 Å². The Bertz CT molecular complexity index is 492. The highest BCUT2D eigenvalue weighted by molar-refractivity contribution is 5.82. The van der Waals surface area contributed by atoms with Gasteiger partial charge in [-0.2, -0.15) is 0 Å². The molecule has 2 fully saturated rings. The number of aryl methyl sites for hydroxylation is 1. The molecule has 3 rings (SSSR count). The highest BCUT2D eigenvalue weighted by atomic mass is 16.2. The van der Waals surface area contributed by atoms with E-state index in [9.17, 15) is 4.79 Å². The third-order valence-electron chi connectivity index (χ3n) is 4.94. The lowest BCUT2D eigenvalue weighted by atomic mass is 9.98. The van der Waals surface area contributed by atoms with Gasteiger partial charge in [-0.3, -0.25) is 4.79 Å². The van der Waals surface area contributed by atoms with Gasteiger partial charge in [0.05, 0.1) is 12.1 Å². The van der Waals surface area contributed by atoms with Crippen molar-refractivity contribution in [1.82, 2.24) is 10.2 Å². The van der Waals surface area contributed by atoms with Crippen LogP contribution in [-0.2, 0) is 4.79 Å². The molecule has 1 amide bonds. The van der Waals surface area contributed by atoms with Gasteiger partial charge in [0.15, 0.2) is 0 Å². The Morgan fingerprint density at radius 3 is 2.86 bits per heavy atom. The molecule has 0 aromatic heterocycles. The summed E-state index contributed by atoms with van der Waals surface area (Å²) in [4.78, 5) is 15.0. The highest BCUT2D eigenvalue weighted by Crippen LogP contribution is 2.34. The normalized spacial score (nSPS) is 26.6. The topological polar surface area (TPSA) is 32.3 Å². The molecule has 0 aliphatic carbocycles. The highest BCUT2D eigenvalue weighted by Gasteiger charge is 2.34. The number of rotatable bonds is 2. The summed E-state index contributed by atoms with van der Waals surface area (Å²) in [6.45, 7) is 4.05. The van der Waals surface area contributed by atoms with E-state index < -0.39 is 0 Å². The smallest absolute Gasteiger partial charge is 0.240 e. The minimum atomic E-state index is 0.0390. The summed E-state index contributed by atoms with van der Waals surface area (Å²) in [5, 5.41) is 3.45. The monoisotopic (exact) mass is 286 g/mol. The van der Waals surface area contributed by atoms with E-state index in [1.54, 1.807) is 0 Å². The first kappa shape index (κ1) is 14.6. The van der Waals surface area contributed by atoms with Crippen LogP contribution in [0.25, 0.3) is 0 Å². The van der Waals surface area contributed by atoms with Crippen molar-refractivity contribution in [3.05, 3.63) is 35.4 Å². The molecule has 1 aromatic rings. The Morgan fingerprint density at radius 1 is 1.14 bits per heavy atom. The van der Waals surface area contributed by atoms with E-state index in [-0.39, 0.29) is 12.1 Å². The maximum atomic E-state index is 12.9. The fourth-order valence-corrected chi connectivity index (χ4v) is 3.75. The number of carbonyl (C=O) groups is 1. The lowest BCUT2D eigenvalue weighted by molar-refractivity contribution is -0.134. The predicted molar refractivity (Wildman–Crippen MR) is 85.1 cm³/mol. The first-order valence-corrected chi connectivity index (χ1v) is 8.37. The summed E-state index contributed by atoms with van der Waals surface area (Å²) in [6.07, 6.45) is 6.84. The van der Waals surface area contributed by atoms with Crippen LogP contribution in [0.5, 0.6) is 0 Å². The summed E-state index contributed by atoms with van der Waals surface area (Å²) >= 11 is 0. The molecule has 2 unspecified atom stereocenters. The standard InChI is InChI=1S/C18H26N2O/c1-14-8-4-5-9-15(14)17-11-7-13-20(17)18(21)16-10-3-2-6-12-19-16/h4-5,8-9,16-17,19H,2-3,6-7,10-13H2,1H3. The van der Waals surface area contributed by atoms with E-state index in [1.807, 2.05) is 0 Å². The fraction of sp³-hybridized carbons (Fsp3) is 0.611. The van der Waals surface area contributed by atoms with Crippen LogP contribution in [0, 0.1) is 6.92 Å². The van der Waals surface area contributed by atoms with Crippen LogP contribution < -0.4 is 5.32 Å². The van der Waals surface area contributed by atoms with Gasteiger partial charge >= 0.3 is 0 Å². The van der Waals surface area contributed by atoms with Gasteiger partial charge in [-0.1, -0.05) is 37.1 Å². The number of carbonyl (C=O) groups excluding carboxylic acids is 1. The van der Waals surface area contributed by atoms with Gasteiger partial charge in [0.25, 0.3) is 0 Å². The SMILES string of the molecule is Cc1ccccc1C1CCCN1C(=O)C1CCCCCN1. The molecule has 1 N–H and O–H groups in total. The van der Waals surface area contributed by atoms with E-state index in [4.69, 9.17) is 0 Å². The van der Waals surface area contributed by atoms with Crippen LogP contribution in [0.1, 0.15) is 55.7 Å². The number of hydrogen-bond acceptors (Lipinski definition) is 2. The Kier molecular flexibility index (Phi) is 4.59. The summed E-state index contributed by atoms with van der Waals surface area (Å²) in [6, 6.07) is 8.83. The molecule has 2 aliphatic heterocycles. The number of benzene rings is 1. The van der Waals surface area contributed by atoms with E-state index in [1.165, 1.54) is 30.4 Å². The van der Waals surface area contributed by atoms with E-state index in [2.05, 4.69) is 41.4 Å². The van der Waals surface area contributed by atoms with Crippen molar-refractivity contribution in [3.8, 4) is 0 Å². The van der Waals surface area contributed by atoms with Crippen molar-refractivity contribution in [2.24, 2.45) is 0 Å². The van der Waals surface area contributed by atoms with Crippen molar-refractivity contribution in [2.45, 2.75) is 57.5 Å². The third-order valence-corrected chi connectivity index (χ3v) is 4.94. The predicted octanol–water partition coefficient (Wildman–Crippen LogP) is 3.19. The molecule has 2 saturated heterocycles. The zero-order valence-corrected chi connectivity index (χ0v) is 13.0. The second kappa shape index (κ2) is 6.61. The molecule has 0 saturated carbocycles. The molecule has 3 heteroatoms. The van der Waals surface area contributed by atoms with Crippen LogP contribution in [0.2, 0.25) is 0 Å².